The summed E-state index contributed by atoms with van der Waals surface area (Å²) in [6, 6.07) is 5.34. The van der Waals surface area contributed by atoms with Crippen LogP contribution in [-0.4, -0.2) is 74.7 Å². The van der Waals surface area contributed by atoms with Gasteiger partial charge in [0, 0.05) is 13.1 Å². The van der Waals surface area contributed by atoms with Gasteiger partial charge in [-0.05, 0) is 35.5 Å². The number of quaternary nitrogens is 1. The summed E-state index contributed by atoms with van der Waals surface area (Å²) in [5.74, 6) is 0.823. The molecule has 0 saturated carbocycles. The molecule has 0 spiro atoms. The monoisotopic (exact) mass is 420 g/mol. The molecule has 154 valence electrons. The molecule has 2 fully saturated rings. The van der Waals surface area contributed by atoms with Gasteiger partial charge in [-0.3, -0.25) is 19.3 Å². The number of rotatable bonds is 6. The van der Waals surface area contributed by atoms with Crippen LogP contribution in [0.5, 0.6) is 11.5 Å². The van der Waals surface area contributed by atoms with Crippen molar-refractivity contribution in [2.45, 2.75) is 0 Å². The number of carbonyl (C=O) groups excluding carboxylic acids is 3. The number of benzene rings is 1. The highest BCUT2D eigenvalue weighted by Gasteiger charge is 2.34. The molecule has 2 saturated heterocycles. The van der Waals surface area contributed by atoms with Crippen molar-refractivity contribution in [1.29, 1.82) is 0 Å². The molecular formula is C19H22N3O6S+. The summed E-state index contributed by atoms with van der Waals surface area (Å²) < 4.78 is 15.9. The van der Waals surface area contributed by atoms with Crippen LogP contribution in [0, 0.1) is 0 Å². The van der Waals surface area contributed by atoms with Gasteiger partial charge in [0.2, 0.25) is 6.79 Å². The van der Waals surface area contributed by atoms with Crippen molar-refractivity contribution in [1.82, 2.24) is 10.2 Å². The molecule has 1 aromatic rings. The number of nitrogens with one attached hydrogen (secondary N) is 2. The molecule has 3 heterocycles. The van der Waals surface area contributed by atoms with Gasteiger partial charge >= 0.3 is 0 Å². The molecule has 3 aliphatic heterocycles. The molecule has 0 aliphatic carbocycles. The Morgan fingerprint density at radius 2 is 2.00 bits per heavy atom. The number of imide groups is 1. The van der Waals surface area contributed by atoms with Crippen LogP contribution in [0.4, 0.5) is 4.79 Å². The largest absolute Gasteiger partial charge is 0.454 e. The summed E-state index contributed by atoms with van der Waals surface area (Å²) in [7, 11) is 0. The smallest absolute Gasteiger partial charge is 0.293 e. The lowest BCUT2D eigenvalue weighted by atomic mass is 10.2. The first kappa shape index (κ1) is 19.7. The predicted molar refractivity (Wildman–Crippen MR) is 105 cm³/mol. The van der Waals surface area contributed by atoms with Crippen LogP contribution < -0.4 is 19.7 Å². The molecule has 0 unspecified atom stereocenters. The third-order valence-electron chi connectivity index (χ3n) is 4.84. The van der Waals surface area contributed by atoms with Crippen LogP contribution in [0.2, 0.25) is 0 Å². The first-order chi connectivity index (χ1) is 14.1. The van der Waals surface area contributed by atoms with Crippen molar-refractivity contribution in [2.24, 2.45) is 0 Å². The minimum Gasteiger partial charge on any atom is -0.454 e. The van der Waals surface area contributed by atoms with Gasteiger partial charge in [0.05, 0.1) is 18.1 Å². The maximum absolute atomic E-state index is 12.6. The number of ether oxygens (including phenoxy) is 3. The summed E-state index contributed by atoms with van der Waals surface area (Å²) in [4.78, 5) is 39.5. The fourth-order valence-electron chi connectivity index (χ4n) is 3.28. The van der Waals surface area contributed by atoms with Gasteiger partial charge in [-0.15, -0.1) is 0 Å². The third kappa shape index (κ3) is 4.72. The molecule has 0 radical (unpaired) electrons. The average Bonchev–Trinajstić information content (AvgIpc) is 3.28. The summed E-state index contributed by atoms with van der Waals surface area (Å²) in [5, 5.41) is 2.45. The van der Waals surface area contributed by atoms with Crippen LogP contribution in [0.15, 0.2) is 23.1 Å². The van der Waals surface area contributed by atoms with Crippen molar-refractivity contribution in [3.8, 4) is 11.5 Å². The molecule has 0 atom stereocenters. The van der Waals surface area contributed by atoms with Crippen LogP contribution >= 0.6 is 11.8 Å². The number of thioether (sulfide) groups is 1. The number of fused-ring (bicyclic) bond motifs is 1. The Morgan fingerprint density at radius 3 is 2.83 bits per heavy atom. The second kappa shape index (κ2) is 8.85. The molecule has 3 aliphatic rings. The van der Waals surface area contributed by atoms with E-state index in [1.165, 1.54) is 4.90 Å². The third-order valence-corrected chi connectivity index (χ3v) is 5.74. The topological polar surface area (TPSA) is 98.6 Å². The van der Waals surface area contributed by atoms with Gasteiger partial charge in [0.1, 0.15) is 13.1 Å². The van der Waals surface area contributed by atoms with Gasteiger partial charge in [-0.2, -0.15) is 0 Å². The molecular weight excluding hydrogens is 398 g/mol. The molecule has 9 nitrogen and oxygen atoms in total. The fourth-order valence-corrected chi connectivity index (χ4v) is 4.15. The highest BCUT2D eigenvalue weighted by Crippen LogP contribution is 2.36. The van der Waals surface area contributed by atoms with Crippen LogP contribution in [0.1, 0.15) is 5.56 Å². The zero-order valence-electron chi connectivity index (χ0n) is 15.8. The summed E-state index contributed by atoms with van der Waals surface area (Å²) in [6.45, 7) is 3.86. The Hall–Kier alpha value is -2.56. The van der Waals surface area contributed by atoms with Crippen LogP contribution in [-0.2, 0) is 14.3 Å². The minimum atomic E-state index is -0.356. The second-order valence-electron chi connectivity index (χ2n) is 6.84. The van der Waals surface area contributed by atoms with E-state index >= 15 is 0 Å². The highest BCUT2D eigenvalue weighted by atomic mass is 32.2. The SMILES string of the molecule is O=C(C[NH+]1CCOCC1)NCCN1C(=O)S/C(=C\c2ccc3c(c2)OCO3)C1=O. The molecule has 1 aromatic carbocycles. The van der Waals surface area contributed by atoms with Gasteiger partial charge in [-0.1, -0.05) is 6.07 Å². The quantitative estimate of drug-likeness (QED) is 0.598. The Balaban J connectivity index is 1.29. The van der Waals surface area contributed by atoms with E-state index in [1.54, 1.807) is 24.3 Å². The molecule has 4 rings (SSSR count). The van der Waals surface area contributed by atoms with Crippen molar-refractivity contribution in [3.05, 3.63) is 28.7 Å². The van der Waals surface area contributed by atoms with E-state index in [4.69, 9.17) is 14.2 Å². The fraction of sp³-hybridized carbons (Fsp3) is 0.421. The van der Waals surface area contributed by atoms with E-state index < -0.39 is 0 Å². The van der Waals surface area contributed by atoms with E-state index in [9.17, 15) is 14.4 Å². The van der Waals surface area contributed by atoms with Crippen molar-refractivity contribution in [3.63, 3.8) is 0 Å². The molecule has 29 heavy (non-hydrogen) atoms. The molecule has 2 N–H and O–H groups in total. The standard InChI is InChI=1S/C19H21N3O6S/c23-17(11-21-5-7-26-8-6-21)20-3-4-22-18(24)16(29-19(22)25)10-13-1-2-14-15(9-13)28-12-27-14/h1-2,9-10H,3-8,11-12H2,(H,20,23)/p+1/b16-10-. The van der Waals surface area contributed by atoms with Crippen molar-refractivity contribution in [2.75, 3.05) is 52.7 Å². The van der Waals surface area contributed by atoms with Gasteiger partial charge in [0.15, 0.2) is 18.0 Å². The lowest BCUT2D eigenvalue weighted by Gasteiger charge is -2.23. The first-order valence-corrected chi connectivity index (χ1v) is 10.2. The predicted octanol–water partition coefficient (Wildman–Crippen LogP) is -0.517. The van der Waals surface area contributed by atoms with Gasteiger partial charge in [-0.25, -0.2) is 0 Å². The summed E-state index contributed by atoms with van der Waals surface area (Å²) in [6.07, 6.45) is 1.66. The zero-order chi connectivity index (χ0) is 20.2. The average molecular weight is 420 g/mol. The zero-order valence-corrected chi connectivity index (χ0v) is 16.6. The highest BCUT2D eigenvalue weighted by molar-refractivity contribution is 8.18. The van der Waals surface area contributed by atoms with E-state index in [1.807, 2.05) is 0 Å². The summed E-state index contributed by atoms with van der Waals surface area (Å²) in [5.41, 5.74) is 0.751. The number of carbonyl (C=O) groups is 3. The Bertz CT molecular complexity index is 852. The maximum atomic E-state index is 12.6. The molecule has 0 bridgehead atoms. The van der Waals surface area contributed by atoms with E-state index in [0.29, 0.717) is 36.2 Å². The van der Waals surface area contributed by atoms with Crippen LogP contribution in [0.3, 0.4) is 0 Å². The molecule has 0 aromatic heterocycles. The number of morpholine rings is 1. The van der Waals surface area contributed by atoms with Gasteiger partial charge < -0.3 is 24.4 Å². The second-order valence-corrected chi connectivity index (χ2v) is 7.83. The lowest BCUT2D eigenvalue weighted by molar-refractivity contribution is -0.900. The Kier molecular flexibility index (Phi) is 6.02. The number of hydrogen-bond donors (Lipinski definition) is 2. The Morgan fingerprint density at radius 1 is 1.21 bits per heavy atom. The van der Waals surface area contributed by atoms with Crippen LogP contribution in [0.25, 0.3) is 6.08 Å². The summed E-state index contributed by atoms with van der Waals surface area (Å²) >= 11 is 0.893. The Labute approximate surface area is 171 Å². The normalized spacial score (nSPS) is 20.6. The lowest BCUT2D eigenvalue weighted by Crippen LogP contribution is -3.15. The van der Waals surface area contributed by atoms with E-state index in [2.05, 4.69) is 5.32 Å². The molecule has 10 heteroatoms. The minimum absolute atomic E-state index is 0.0928. The number of amides is 3. The van der Waals surface area contributed by atoms with E-state index in [-0.39, 0.29) is 36.9 Å². The number of nitrogens with zero attached hydrogens (tertiary/aromatic N) is 1. The van der Waals surface area contributed by atoms with Crippen molar-refractivity contribution < 1.29 is 33.5 Å². The van der Waals surface area contributed by atoms with Gasteiger partial charge in [0.25, 0.3) is 17.1 Å². The first-order valence-electron chi connectivity index (χ1n) is 9.43. The van der Waals surface area contributed by atoms with E-state index in [0.717, 1.165) is 35.3 Å². The molecule has 3 amide bonds. The van der Waals surface area contributed by atoms with Crippen molar-refractivity contribution >= 4 is 34.9 Å². The number of hydrogen-bond acceptors (Lipinski definition) is 7. The maximum Gasteiger partial charge on any atom is 0.293 e.